The van der Waals surface area contributed by atoms with E-state index in [1.54, 1.807) is 0 Å². The van der Waals surface area contributed by atoms with Gasteiger partial charge in [-0.1, -0.05) is 55.4 Å². The van der Waals surface area contributed by atoms with Crippen molar-refractivity contribution in [1.29, 1.82) is 0 Å². The average molecular weight is 269 g/mol. The summed E-state index contributed by atoms with van der Waals surface area (Å²) in [5.41, 5.74) is -0.334. The van der Waals surface area contributed by atoms with Gasteiger partial charge in [0.2, 0.25) is 5.91 Å². The van der Waals surface area contributed by atoms with E-state index in [-0.39, 0.29) is 35.0 Å². The molecule has 1 unspecified atom stereocenters. The largest absolute Gasteiger partial charge is 0.353 e. The minimum atomic E-state index is -0.359. The predicted octanol–water partition coefficient (Wildman–Crippen LogP) is 3.57. The first-order chi connectivity index (χ1) is 8.35. The molecule has 0 aliphatic rings. The first-order valence-electron chi connectivity index (χ1n) is 7.18. The second kappa shape index (κ2) is 6.53. The Balaban J connectivity index is 4.42. The molecule has 0 rings (SSSR count). The van der Waals surface area contributed by atoms with E-state index in [0.717, 1.165) is 0 Å². The smallest absolute Gasteiger partial charge is 0.220 e. The van der Waals surface area contributed by atoms with Gasteiger partial charge in [0.1, 0.15) is 5.78 Å². The van der Waals surface area contributed by atoms with Gasteiger partial charge in [-0.2, -0.15) is 0 Å². The maximum Gasteiger partial charge on any atom is 0.220 e. The zero-order valence-electron chi connectivity index (χ0n) is 13.9. The molecular weight excluding hydrogens is 238 g/mol. The van der Waals surface area contributed by atoms with Gasteiger partial charge in [-0.15, -0.1) is 0 Å². The summed E-state index contributed by atoms with van der Waals surface area (Å²) >= 11 is 0. The minimum Gasteiger partial charge on any atom is -0.353 e. The topological polar surface area (TPSA) is 46.2 Å². The molecule has 0 aromatic rings. The molecule has 1 atom stereocenters. The van der Waals surface area contributed by atoms with Crippen LogP contribution in [0.1, 0.15) is 68.2 Å². The van der Waals surface area contributed by atoms with Gasteiger partial charge in [0.25, 0.3) is 0 Å². The Bertz CT molecular complexity index is 319. The number of Topliss-reactive ketones (excluding diaryl/α,β-unsaturated/α-hetero) is 1. The molecule has 0 aliphatic heterocycles. The number of hydrogen-bond acceptors (Lipinski definition) is 2. The summed E-state index contributed by atoms with van der Waals surface area (Å²) < 4.78 is 0. The normalized spacial score (nSPS) is 14.4. The average Bonchev–Trinajstić information content (AvgIpc) is 2.18. The Hall–Kier alpha value is -0.860. The molecule has 0 aromatic heterocycles. The van der Waals surface area contributed by atoms with E-state index in [1.807, 2.05) is 20.8 Å². The van der Waals surface area contributed by atoms with E-state index < -0.39 is 0 Å². The molecule has 0 bridgehead atoms. The molecule has 0 saturated carbocycles. The molecule has 1 N–H and O–H groups in total. The summed E-state index contributed by atoms with van der Waals surface area (Å²) in [6, 6.07) is 0.129. The van der Waals surface area contributed by atoms with Crippen molar-refractivity contribution < 1.29 is 9.59 Å². The monoisotopic (exact) mass is 269 g/mol. The SMILES string of the molecule is CC(C)C(NC(=O)CCC(=O)C(C)(C)C)C(C)(C)C. The molecule has 19 heavy (non-hydrogen) atoms. The lowest BCUT2D eigenvalue weighted by Gasteiger charge is -2.34. The highest BCUT2D eigenvalue weighted by molar-refractivity contribution is 5.88. The molecule has 0 spiro atoms. The van der Waals surface area contributed by atoms with Crippen molar-refractivity contribution in [3.63, 3.8) is 0 Å². The summed E-state index contributed by atoms with van der Waals surface area (Å²) in [4.78, 5) is 23.8. The predicted molar refractivity (Wildman–Crippen MR) is 79.9 cm³/mol. The molecule has 112 valence electrons. The summed E-state index contributed by atoms with van der Waals surface area (Å²) in [5, 5.41) is 3.07. The molecule has 0 aromatic carbocycles. The summed E-state index contributed by atoms with van der Waals surface area (Å²) in [6.07, 6.45) is 0.611. The number of ketones is 1. The zero-order chi connectivity index (χ0) is 15.4. The first-order valence-corrected chi connectivity index (χ1v) is 7.18. The molecular formula is C16H31NO2. The Morgan fingerprint density at radius 1 is 0.947 bits per heavy atom. The van der Waals surface area contributed by atoms with E-state index in [9.17, 15) is 9.59 Å². The van der Waals surface area contributed by atoms with Crippen LogP contribution < -0.4 is 5.32 Å². The molecule has 3 nitrogen and oxygen atoms in total. The standard InChI is InChI=1S/C16H31NO2/c1-11(2)14(16(6,7)8)17-13(19)10-9-12(18)15(3,4)5/h11,14H,9-10H2,1-8H3,(H,17,19). The fraction of sp³-hybridized carbons (Fsp3) is 0.875. The fourth-order valence-corrected chi connectivity index (χ4v) is 2.23. The molecule has 1 amide bonds. The van der Waals surface area contributed by atoms with Gasteiger partial charge in [0.05, 0.1) is 0 Å². The summed E-state index contributed by atoms with van der Waals surface area (Å²) in [6.45, 7) is 16.2. The Morgan fingerprint density at radius 3 is 1.74 bits per heavy atom. The van der Waals surface area contributed by atoms with Crippen LogP contribution in [0, 0.1) is 16.7 Å². The number of rotatable bonds is 5. The van der Waals surface area contributed by atoms with Crippen molar-refractivity contribution >= 4 is 11.7 Å². The molecule has 0 radical (unpaired) electrons. The van der Waals surface area contributed by atoms with Crippen LogP contribution in [0.5, 0.6) is 0 Å². The summed E-state index contributed by atoms with van der Waals surface area (Å²) in [7, 11) is 0. The molecule has 0 heterocycles. The van der Waals surface area contributed by atoms with Gasteiger partial charge in [0, 0.05) is 24.3 Å². The van der Waals surface area contributed by atoms with Gasteiger partial charge in [-0.05, 0) is 11.3 Å². The fourth-order valence-electron chi connectivity index (χ4n) is 2.23. The van der Waals surface area contributed by atoms with E-state index in [4.69, 9.17) is 0 Å². The lowest BCUT2D eigenvalue weighted by Crippen LogP contribution is -2.47. The minimum absolute atomic E-state index is 0.0220. The van der Waals surface area contributed by atoms with Crippen molar-refractivity contribution in [3.05, 3.63) is 0 Å². The van der Waals surface area contributed by atoms with Gasteiger partial charge in [-0.3, -0.25) is 9.59 Å². The lowest BCUT2D eigenvalue weighted by atomic mass is 9.80. The van der Waals surface area contributed by atoms with Crippen LogP contribution in [0.25, 0.3) is 0 Å². The maximum atomic E-state index is 12.0. The van der Waals surface area contributed by atoms with Gasteiger partial charge < -0.3 is 5.32 Å². The molecule has 3 heteroatoms. The van der Waals surface area contributed by atoms with Crippen molar-refractivity contribution in [2.75, 3.05) is 0 Å². The molecule has 0 saturated heterocycles. The zero-order valence-corrected chi connectivity index (χ0v) is 13.9. The highest BCUT2D eigenvalue weighted by atomic mass is 16.2. The second-order valence-electron chi connectivity index (χ2n) is 7.83. The quantitative estimate of drug-likeness (QED) is 0.829. The van der Waals surface area contributed by atoms with Gasteiger partial charge in [-0.25, -0.2) is 0 Å². The van der Waals surface area contributed by atoms with Crippen molar-refractivity contribution in [3.8, 4) is 0 Å². The van der Waals surface area contributed by atoms with E-state index >= 15 is 0 Å². The third-order valence-electron chi connectivity index (χ3n) is 3.33. The van der Waals surface area contributed by atoms with Crippen LogP contribution in [0.2, 0.25) is 0 Å². The Kier molecular flexibility index (Phi) is 6.24. The number of amides is 1. The van der Waals surface area contributed by atoms with Crippen molar-refractivity contribution in [2.45, 2.75) is 74.3 Å². The third kappa shape index (κ3) is 6.74. The van der Waals surface area contributed by atoms with Gasteiger partial charge in [0.15, 0.2) is 0 Å². The van der Waals surface area contributed by atoms with Crippen LogP contribution in [-0.2, 0) is 9.59 Å². The lowest BCUT2D eigenvalue weighted by molar-refractivity contribution is -0.130. The Morgan fingerprint density at radius 2 is 1.42 bits per heavy atom. The summed E-state index contributed by atoms with van der Waals surface area (Å²) in [5.74, 6) is 0.494. The van der Waals surface area contributed by atoms with Crippen molar-refractivity contribution in [2.24, 2.45) is 16.7 Å². The number of carbonyl (C=O) groups excluding carboxylic acids is 2. The number of hydrogen-bond donors (Lipinski definition) is 1. The Labute approximate surface area is 118 Å². The van der Waals surface area contributed by atoms with Crippen LogP contribution in [-0.4, -0.2) is 17.7 Å². The second-order valence-corrected chi connectivity index (χ2v) is 7.83. The first kappa shape index (κ1) is 18.1. The number of carbonyl (C=O) groups is 2. The van der Waals surface area contributed by atoms with Crippen LogP contribution >= 0.6 is 0 Å². The highest BCUT2D eigenvalue weighted by Crippen LogP contribution is 2.25. The van der Waals surface area contributed by atoms with Gasteiger partial charge >= 0.3 is 0 Å². The van der Waals surface area contributed by atoms with Crippen LogP contribution in [0.15, 0.2) is 0 Å². The highest BCUT2D eigenvalue weighted by Gasteiger charge is 2.29. The van der Waals surface area contributed by atoms with E-state index in [1.165, 1.54) is 0 Å². The molecule has 0 fully saturated rings. The van der Waals surface area contributed by atoms with Crippen LogP contribution in [0.3, 0.4) is 0 Å². The van der Waals surface area contributed by atoms with Crippen LogP contribution in [0.4, 0.5) is 0 Å². The van der Waals surface area contributed by atoms with E-state index in [2.05, 4.69) is 39.9 Å². The molecule has 0 aliphatic carbocycles. The van der Waals surface area contributed by atoms with Crippen molar-refractivity contribution in [1.82, 2.24) is 5.32 Å². The van der Waals surface area contributed by atoms with E-state index in [0.29, 0.717) is 12.3 Å². The number of nitrogens with one attached hydrogen (secondary N) is 1. The maximum absolute atomic E-state index is 12.0. The third-order valence-corrected chi connectivity index (χ3v) is 3.33.